The molecule has 0 radical (unpaired) electrons. The van der Waals surface area contributed by atoms with Crippen molar-refractivity contribution in [3.8, 4) is 11.8 Å². The first-order chi connectivity index (χ1) is 12.2. The number of hydrogen-bond donors (Lipinski definition) is 3. The Balaban J connectivity index is 2.20. The summed E-state index contributed by atoms with van der Waals surface area (Å²) in [6.45, 7) is -0.391. The zero-order valence-corrected chi connectivity index (χ0v) is 13.7. The number of benzene rings is 2. The number of aliphatic hydroxyl groups is 2. The lowest BCUT2D eigenvalue weighted by Gasteiger charge is -2.27. The molecule has 0 heterocycles. The summed E-state index contributed by atoms with van der Waals surface area (Å²) in [6.07, 6.45) is -0.973. The average Bonchev–Trinajstić information content (AvgIpc) is 2.66. The molecule has 2 rings (SSSR count). The van der Waals surface area contributed by atoms with Crippen LogP contribution >= 0.6 is 0 Å². The van der Waals surface area contributed by atoms with Crippen LogP contribution in [0.5, 0.6) is 0 Å². The molecule has 0 spiro atoms. The molecule has 6 nitrogen and oxygen atoms in total. The van der Waals surface area contributed by atoms with Crippen LogP contribution in [0.3, 0.4) is 0 Å². The predicted octanol–water partition coefficient (Wildman–Crippen LogP) is 2.16. The van der Waals surface area contributed by atoms with Crippen molar-refractivity contribution in [1.29, 1.82) is 0 Å². The molecule has 2 aromatic carbocycles. The molecular weight excluding hydrogens is 316 g/mol. The largest absolute Gasteiger partial charge is 0.395 e. The fraction of sp³-hybridized carbons (Fsp3) is 0.263. The Morgan fingerprint density at radius 1 is 1.04 bits per heavy atom. The Hall–Kier alpha value is -2.81. The summed E-state index contributed by atoms with van der Waals surface area (Å²) in [7, 11) is 0. The molecule has 0 aromatic heterocycles. The molecule has 4 N–H and O–H groups in total. The number of nitrogens with two attached hydrogens (primary N) is 1. The van der Waals surface area contributed by atoms with E-state index in [9.17, 15) is 10.2 Å². The van der Waals surface area contributed by atoms with Crippen molar-refractivity contribution in [3.05, 3.63) is 81.7 Å². The lowest BCUT2D eigenvalue weighted by molar-refractivity contribution is 0.120. The van der Waals surface area contributed by atoms with Gasteiger partial charge < -0.3 is 15.9 Å². The van der Waals surface area contributed by atoms with Crippen molar-refractivity contribution < 1.29 is 10.2 Å². The molecule has 0 bridgehead atoms. The van der Waals surface area contributed by atoms with Crippen LogP contribution in [0.15, 0.2) is 59.7 Å². The van der Waals surface area contributed by atoms with Crippen LogP contribution in [0.4, 0.5) is 0 Å². The van der Waals surface area contributed by atoms with E-state index >= 15 is 0 Å². The van der Waals surface area contributed by atoms with Gasteiger partial charge in [0.2, 0.25) is 0 Å². The van der Waals surface area contributed by atoms with Crippen molar-refractivity contribution >= 4 is 0 Å². The van der Waals surface area contributed by atoms with Gasteiger partial charge in [-0.2, -0.15) is 0 Å². The zero-order valence-electron chi connectivity index (χ0n) is 13.7. The standard InChI is InChI=1S/C19H20N4O2/c20-17(13-24)19(18(25)12-22-23-21)16-10-8-15(9-11-16)7-6-14-4-2-1-3-5-14/h1-5,8-11,17-19,24-25H,12-13,20H2. The van der Waals surface area contributed by atoms with Gasteiger partial charge in [-0.1, -0.05) is 47.3 Å². The molecule has 6 heteroatoms. The topological polar surface area (TPSA) is 115 Å². The quantitative estimate of drug-likeness (QED) is 0.325. The Morgan fingerprint density at radius 3 is 2.20 bits per heavy atom. The van der Waals surface area contributed by atoms with Crippen molar-refractivity contribution in [3.63, 3.8) is 0 Å². The molecule has 2 aromatic rings. The SMILES string of the molecule is [N-]=[N+]=NCC(O)C(c1ccc(C#Cc2ccccc2)cc1)C(N)CO. The second-order valence-electron chi connectivity index (χ2n) is 5.59. The van der Waals surface area contributed by atoms with E-state index in [4.69, 9.17) is 11.3 Å². The third-order valence-electron chi connectivity index (χ3n) is 3.84. The van der Waals surface area contributed by atoms with Gasteiger partial charge >= 0.3 is 0 Å². The normalized spacial score (nSPS) is 13.7. The lowest BCUT2D eigenvalue weighted by atomic mass is 9.86. The van der Waals surface area contributed by atoms with E-state index in [0.29, 0.717) is 0 Å². The van der Waals surface area contributed by atoms with Gasteiger partial charge in [0.1, 0.15) is 0 Å². The Bertz CT molecular complexity index is 775. The summed E-state index contributed by atoms with van der Waals surface area (Å²) in [6, 6.07) is 16.3. The Morgan fingerprint density at radius 2 is 1.64 bits per heavy atom. The van der Waals surface area contributed by atoms with E-state index < -0.39 is 18.1 Å². The van der Waals surface area contributed by atoms with Crippen LogP contribution in [0, 0.1) is 11.8 Å². The molecule has 0 aliphatic carbocycles. The molecule has 0 amide bonds. The number of rotatable bonds is 6. The minimum absolute atomic E-state index is 0.107. The summed E-state index contributed by atoms with van der Waals surface area (Å²) in [5, 5.41) is 23.0. The highest BCUT2D eigenvalue weighted by atomic mass is 16.3. The van der Waals surface area contributed by atoms with Crippen LogP contribution < -0.4 is 5.73 Å². The summed E-state index contributed by atoms with van der Waals surface area (Å²) in [5.74, 6) is 5.61. The van der Waals surface area contributed by atoms with Crippen molar-refractivity contribution in [1.82, 2.24) is 0 Å². The molecular formula is C19H20N4O2. The molecule has 3 unspecified atom stereocenters. The Labute approximate surface area is 146 Å². The van der Waals surface area contributed by atoms with Gasteiger partial charge in [-0.15, -0.1) is 0 Å². The van der Waals surface area contributed by atoms with E-state index in [0.717, 1.165) is 16.7 Å². The second-order valence-corrected chi connectivity index (χ2v) is 5.59. The summed E-state index contributed by atoms with van der Waals surface area (Å²) in [5.41, 5.74) is 16.8. The molecule has 0 fully saturated rings. The van der Waals surface area contributed by atoms with Crippen molar-refractivity contribution in [2.45, 2.75) is 18.1 Å². The number of azide groups is 1. The van der Waals surface area contributed by atoms with Gasteiger partial charge in [0.05, 0.1) is 19.3 Å². The summed E-state index contributed by atoms with van der Waals surface area (Å²) < 4.78 is 0. The smallest absolute Gasteiger partial charge is 0.0680 e. The van der Waals surface area contributed by atoms with E-state index in [2.05, 4.69) is 21.9 Å². The molecule has 25 heavy (non-hydrogen) atoms. The van der Waals surface area contributed by atoms with Gasteiger partial charge in [0.25, 0.3) is 0 Å². The molecule has 0 aliphatic heterocycles. The van der Waals surface area contributed by atoms with Crippen molar-refractivity contribution in [2.24, 2.45) is 10.8 Å². The lowest BCUT2D eigenvalue weighted by Crippen LogP contribution is -2.40. The molecule has 0 aliphatic rings. The molecule has 0 saturated carbocycles. The van der Waals surface area contributed by atoms with Gasteiger partial charge in [-0.05, 0) is 35.4 Å². The third-order valence-corrected chi connectivity index (χ3v) is 3.84. The van der Waals surface area contributed by atoms with Gasteiger partial charge in [-0.25, -0.2) is 0 Å². The number of nitrogens with zero attached hydrogens (tertiary/aromatic N) is 3. The Kier molecular flexibility index (Phi) is 7.02. The minimum Gasteiger partial charge on any atom is -0.395 e. The monoisotopic (exact) mass is 336 g/mol. The molecule has 0 saturated heterocycles. The van der Waals surface area contributed by atoms with Gasteiger partial charge in [0.15, 0.2) is 0 Å². The molecule has 3 atom stereocenters. The van der Waals surface area contributed by atoms with E-state index in [1.165, 1.54) is 0 Å². The minimum atomic E-state index is -0.973. The predicted molar refractivity (Wildman–Crippen MR) is 96.7 cm³/mol. The molecule has 128 valence electrons. The maximum atomic E-state index is 10.2. The maximum absolute atomic E-state index is 10.2. The second kappa shape index (κ2) is 9.48. The first-order valence-electron chi connectivity index (χ1n) is 7.88. The fourth-order valence-corrected chi connectivity index (χ4v) is 2.56. The van der Waals surface area contributed by atoms with Crippen LogP contribution in [0.1, 0.15) is 22.6 Å². The van der Waals surface area contributed by atoms with E-state index in [-0.39, 0.29) is 13.2 Å². The first-order valence-corrected chi connectivity index (χ1v) is 7.88. The van der Waals surface area contributed by atoms with Crippen LogP contribution in [-0.4, -0.2) is 35.5 Å². The summed E-state index contributed by atoms with van der Waals surface area (Å²) >= 11 is 0. The first kappa shape index (κ1) is 18.5. The maximum Gasteiger partial charge on any atom is 0.0680 e. The number of hydrogen-bond acceptors (Lipinski definition) is 4. The van der Waals surface area contributed by atoms with Gasteiger partial charge in [0, 0.05) is 28.0 Å². The fourth-order valence-electron chi connectivity index (χ4n) is 2.56. The van der Waals surface area contributed by atoms with E-state index in [1.807, 2.05) is 54.6 Å². The average molecular weight is 336 g/mol. The van der Waals surface area contributed by atoms with Crippen LogP contribution in [0.25, 0.3) is 10.4 Å². The highest BCUT2D eigenvalue weighted by Gasteiger charge is 2.26. The third kappa shape index (κ3) is 5.35. The van der Waals surface area contributed by atoms with Crippen LogP contribution in [-0.2, 0) is 0 Å². The van der Waals surface area contributed by atoms with Crippen LogP contribution in [0.2, 0.25) is 0 Å². The van der Waals surface area contributed by atoms with Gasteiger partial charge in [-0.3, -0.25) is 0 Å². The number of aliphatic hydroxyl groups excluding tert-OH is 2. The van der Waals surface area contributed by atoms with Crippen molar-refractivity contribution in [2.75, 3.05) is 13.2 Å². The zero-order chi connectivity index (χ0) is 18.1. The van der Waals surface area contributed by atoms with E-state index in [1.54, 1.807) is 0 Å². The summed E-state index contributed by atoms with van der Waals surface area (Å²) in [4.78, 5) is 2.65. The highest BCUT2D eigenvalue weighted by molar-refractivity contribution is 5.43. The highest BCUT2D eigenvalue weighted by Crippen LogP contribution is 2.24.